The van der Waals surface area contributed by atoms with Crippen molar-refractivity contribution < 1.29 is 17.9 Å². The second-order valence-electron chi connectivity index (χ2n) is 8.14. The molecule has 35 heavy (non-hydrogen) atoms. The van der Waals surface area contributed by atoms with E-state index in [0.29, 0.717) is 42.8 Å². The van der Waals surface area contributed by atoms with Crippen LogP contribution in [0.3, 0.4) is 0 Å². The Morgan fingerprint density at radius 2 is 1.86 bits per heavy atom. The molecule has 1 unspecified atom stereocenters. The van der Waals surface area contributed by atoms with Crippen LogP contribution in [0.5, 0.6) is 5.75 Å². The summed E-state index contributed by atoms with van der Waals surface area (Å²) in [6.45, 7) is 1.58. The lowest BCUT2D eigenvalue weighted by Crippen LogP contribution is -2.19. The summed E-state index contributed by atoms with van der Waals surface area (Å²) < 4.78 is 34.5. The molecule has 1 atom stereocenters. The van der Waals surface area contributed by atoms with Crippen LogP contribution in [0.1, 0.15) is 23.6 Å². The molecule has 0 aliphatic carbocycles. The SMILES string of the molecule is NS(=O)(=O)c1ccc(N2N=C(c3ccc(OCC4=NCCO4)cc3)CC2c2cccc(Cl)c2)cc1. The van der Waals surface area contributed by atoms with Gasteiger partial charge in [0.1, 0.15) is 12.4 Å². The Balaban J connectivity index is 1.41. The molecule has 2 aliphatic rings. The molecule has 5 rings (SSSR count). The summed E-state index contributed by atoms with van der Waals surface area (Å²) >= 11 is 6.27. The minimum Gasteiger partial charge on any atom is -0.484 e. The first-order valence-electron chi connectivity index (χ1n) is 11.0. The van der Waals surface area contributed by atoms with E-state index in [1.165, 1.54) is 12.1 Å². The van der Waals surface area contributed by atoms with Crippen LogP contribution in [0.25, 0.3) is 0 Å². The van der Waals surface area contributed by atoms with E-state index in [-0.39, 0.29) is 10.9 Å². The Bertz CT molecular complexity index is 1390. The fourth-order valence-electron chi connectivity index (χ4n) is 4.04. The molecule has 3 aromatic carbocycles. The van der Waals surface area contributed by atoms with Crippen LogP contribution in [-0.2, 0) is 14.8 Å². The summed E-state index contributed by atoms with van der Waals surface area (Å²) in [5.41, 5.74) is 3.60. The van der Waals surface area contributed by atoms with Gasteiger partial charge < -0.3 is 9.47 Å². The molecular formula is C25H23ClN4O4S. The molecule has 0 fully saturated rings. The van der Waals surface area contributed by atoms with Crippen molar-refractivity contribution in [1.29, 1.82) is 0 Å². The van der Waals surface area contributed by atoms with Crippen molar-refractivity contribution in [2.45, 2.75) is 17.4 Å². The van der Waals surface area contributed by atoms with Crippen molar-refractivity contribution >= 4 is 38.9 Å². The number of rotatable bonds is 7. The molecule has 0 saturated carbocycles. The van der Waals surface area contributed by atoms with E-state index in [2.05, 4.69) is 4.99 Å². The number of ether oxygens (including phenoxy) is 2. The number of nitrogens with zero attached hydrogens (tertiary/aromatic N) is 3. The first kappa shape index (κ1) is 23.3. The number of nitrogens with two attached hydrogens (primary N) is 1. The molecule has 8 nitrogen and oxygen atoms in total. The molecule has 180 valence electrons. The number of sulfonamides is 1. The Hall–Kier alpha value is -3.40. The number of primary sulfonamides is 1. The van der Waals surface area contributed by atoms with Gasteiger partial charge in [-0.2, -0.15) is 5.10 Å². The lowest BCUT2D eigenvalue weighted by Gasteiger charge is -2.24. The van der Waals surface area contributed by atoms with Gasteiger partial charge in [0, 0.05) is 11.4 Å². The predicted octanol–water partition coefficient (Wildman–Crippen LogP) is 4.15. The van der Waals surface area contributed by atoms with Crippen LogP contribution < -0.4 is 14.9 Å². The lowest BCUT2D eigenvalue weighted by atomic mass is 9.98. The van der Waals surface area contributed by atoms with E-state index in [4.69, 9.17) is 31.3 Å². The second-order valence-corrected chi connectivity index (χ2v) is 10.1. The second kappa shape index (κ2) is 9.69. The Morgan fingerprint density at radius 3 is 2.51 bits per heavy atom. The number of hydrazone groups is 1. The van der Waals surface area contributed by atoms with Crippen molar-refractivity contribution in [3.05, 3.63) is 88.9 Å². The molecule has 3 aromatic rings. The maximum absolute atomic E-state index is 11.7. The molecule has 0 aromatic heterocycles. The molecule has 0 radical (unpaired) electrons. The van der Waals surface area contributed by atoms with Gasteiger partial charge in [0.25, 0.3) is 0 Å². The highest BCUT2D eigenvalue weighted by atomic mass is 35.5. The monoisotopic (exact) mass is 510 g/mol. The highest BCUT2D eigenvalue weighted by molar-refractivity contribution is 7.89. The first-order valence-corrected chi connectivity index (χ1v) is 12.9. The number of hydrogen-bond acceptors (Lipinski definition) is 7. The molecule has 0 amide bonds. The Kier molecular flexibility index (Phi) is 6.46. The maximum atomic E-state index is 11.7. The van der Waals surface area contributed by atoms with Crippen LogP contribution in [-0.4, -0.2) is 39.8 Å². The van der Waals surface area contributed by atoms with Crippen molar-refractivity contribution in [2.24, 2.45) is 15.2 Å². The van der Waals surface area contributed by atoms with Gasteiger partial charge in [-0.25, -0.2) is 18.5 Å². The molecule has 0 spiro atoms. The molecule has 0 bridgehead atoms. The van der Waals surface area contributed by atoms with Gasteiger partial charge in [0.05, 0.1) is 28.9 Å². The van der Waals surface area contributed by atoms with Crippen molar-refractivity contribution in [2.75, 3.05) is 24.8 Å². The van der Waals surface area contributed by atoms with Gasteiger partial charge >= 0.3 is 0 Å². The largest absolute Gasteiger partial charge is 0.484 e. The first-order chi connectivity index (χ1) is 16.9. The predicted molar refractivity (Wildman–Crippen MR) is 136 cm³/mol. The lowest BCUT2D eigenvalue weighted by molar-refractivity contribution is 0.293. The van der Waals surface area contributed by atoms with Crippen LogP contribution >= 0.6 is 11.6 Å². The zero-order valence-electron chi connectivity index (χ0n) is 18.7. The number of benzene rings is 3. The summed E-state index contributed by atoms with van der Waals surface area (Å²) in [7, 11) is -3.78. The van der Waals surface area contributed by atoms with E-state index >= 15 is 0 Å². The number of hydrogen-bond donors (Lipinski definition) is 1. The average Bonchev–Trinajstić information content (AvgIpc) is 3.53. The summed E-state index contributed by atoms with van der Waals surface area (Å²) in [4.78, 5) is 4.28. The molecule has 10 heteroatoms. The third-order valence-electron chi connectivity index (χ3n) is 5.77. The van der Waals surface area contributed by atoms with Gasteiger partial charge in [-0.1, -0.05) is 23.7 Å². The van der Waals surface area contributed by atoms with E-state index in [9.17, 15) is 8.42 Å². The van der Waals surface area contributed by atoms with Crippen molar-refractivity contribution in [1.82, 2.24) is 0 Å². The van der Waals surface area contributed by atoms with Crippen LogP contribution in [0.2, 0.25) is 5.02 Å². The van der Waals surface area contributed by atoms with Crippen molar-refractivity contribution in [3.8, 4) is 5.75 Å². The third-order valence-corrected chi connectivity index (χ3v) is 6.94. The zero-order chi connectivity index (χ0) is 24.4. The topological polar surface area (TPSA) is 107 Å². The van der Waals surface area contributed by atoms with Crippen LogP contribution in [0.4, 0.5) is 5.69 Å². The standard InChI is InChI=1S/C25H23ClN4O4S/c26-19-3-1-2-18(14-19)24-15-23(29-30(24)20-6-10-22(11-7-20)35(27,31)32)17-4-8-21(9-5-17)34-16-25-28-12-13-33-25/h1-11,14,24H,12-13,15-16H2,(H2,27,31,32). The third kappa shape index (κ3) is 5.32. The number of halogens is 1. The minimum atomic E-state index is -3.78. The van der Waals surface area contributed by atoms with E-state index in [1.54, 1.807) is 12.1 Å². The van der Waals surface area contributed by atoms with E-state index < -0.39 is 10.0 Å². The van der Waals surface area contributed by atoms with Gasteiger partial charge in [-0.05, 0) is 71.8 Å². The van der Waals surface area contributed by atoms with E-state index in [1.807, 2.05) is 53.5 Å². The van der Waals surface area contributed by atoms with Gasteiger partial charge in [-0.15, -0.1) is 0 Å². The molecular weight excluding hydrogens is 488 g/mol. The normalized spacial score (nSPS) is 17.7. The summed E-state index contributed by atoms with van der Waals surface area (Å²) in [5, 5.41) is 12.7. The van der Waals surface area contributed by atoms with Crippen molar-refractivity contribution in [3.63, 3.8) is 0 Å². The molecule has 0 saturated heterocycles. The minimum absolute atomic E-state index is 0.0495. The maximum Gasteiger partial charge on any atom is 0.238 e. The average molecular weight is 511 g/mol. The van der Waals surface area contributed by atoms with Gasteiger partial charge in [0.2, 0.25) is 15.9 Å². The highest BCUT2D eigenvalue weighted by Crippen LogP contribution is 2.37. The number of aliphatic imine (C=N–C) groups is 1. The zero-order valence-corrected chi connectivity index (χ0v) is 20.2. The van der Waals surface area contributed by atoms with Crippen LogP contribution in [0.15, 0.2) is 87.8 Å². The summed E-state index contributed by atoms with van der Waals surface area (Å²) in [6, 6.07) is 21.6. The fraction of sp³-hybridized carbons (Fsp3) is 0.200. The number of anilines is 1. The molecule has 2 N–H and O–H groups in total. The Labute approximate surface area is 208 Å². The molecule has 2 heterocycles. The van der Waals surface area contributed by atoms with Gasteiger partial charge in [0.15, 0.2) is 6.61 Å². The molecule has 2 aliphatic heterocycles. The smallest absolute Gasteiger partial charge is 0.238 e. The van der Waals surface area contributed by atoms with Gasteiger partial charge in [-0.3, -0.25) is 5.01 Å². The van der Waals surface area contributed by atoms with E-state index in [0.717, 1.165) is 22.5 Å². The summed E-state index contributed by atoms with van der Waals surface area (Å²) in [5.74, 6) is 1.33. The Morgan fingerprint density at radius 1 is 1.09 bits per heavy atom. The summed E-state index contributed by atoms with van der Waals surface area (Å²) in [6.07, 6.45) is 0.641. The highest BCUT2D eigenvalue weighted by Gasteiger charge is 2.30. The van der Waals surface area contributed by atoms with Crippen LogP contribution in [0, 0.1) is 0 Å². The fourth-order valence-corrected chi connectivity index (χ4v) is 4.75. The quantitative estimate of drug-likeness (QED) is 0.514.